The monoisotopic (exact) mass is 444 g/mol. The minimum atomic E-state index is -3.63. The van der Waals surface area contributed by atoms with Crippen molar-refractivity contribution in [2.45, 2.75) is 48.4 Å². The zero-order chi connectivity index (χ0) is 21.7. The SMILES string of the molecule is O=CC[C@@H]1O[C@@H]2CO[C@@H](c3ccccc3)O[C@H]2C[C@H]1O/C=C/S(=O)(=O)c1ccccc1. The summed E-state index contributed by atoms with van der Waals surface area (Å²) in [6.07, 6.45) is 0.342. The van der Waals surface area contributed by atoms with Crippen molar-refractivity contribution in [3.8, 4) is 0 Å². The van der Waals surface area contributed by atoms with Gasteiger partial charge in [-0.2, -0.15) is 0 Å². The number of rotatable bonds is 7. The summed E-state index contributed by atoms with van der Waals surface area (Å²) >= 11 is 0. The largest absolute Gasteiger partial charge is 0.494 e. The number of aldehydes is 1. The van der Waals surface area contributed by atoms with Crippen molar-refractivity contribution in [1.82, 2.24) is 0 Å². The fourth-order valence-corrected chi connectivity index (χ4v) is 4.63. The van der Waals surface area contributed by atoms with Crippen LogP contribution in [0.15, 0.2) is 77.2 Å². The van der Waals surface area contributed by atoms with Crippen LogP contribution in [0.1, 0.15) is 24.7 Å². The predicted molar refractivity (Wildman–Crippen MR) is 112 cm³/mol. The number of sulfone groups is 1. The molecule has 0 saturated carbocycles. The third-order valence-electron chi connectivity index (χ3n) is 5.31. The normalized spacial score (nSPS) is 28.7. The molecule has 0 unspecified atom stereocenters. The highest BCUT2D eigenvalue weighted by molar-refractivity contribution is 7.94. The number of fused-ring (bicyclic) bond motifs is 1. The molecule has 2 fully saturated rings. The number of hydrogen-bond donors (Lipinski definition) is 0. The molecule has 2 heterocycles. The fraction of sp³-hybridized carbons (Fsp3) is 0.348. The van der Waals surface area contributed by atoms with Gasteiger partial charge in [0, 0.05) is 18.4 Å². The molecule has 0 aromatic heterocycles. The summed E-state index contributed by atoms with van der Waals surface area (Å²) in [6, 6.07) is 17.7. The summed E-state index contributed by atoms with van der Waals surface area (Å²) in [5.74, 6) is 0. The predicted octanol–water partition coefficient (Wildman–Crippen LogP) is 3.18. The zero-order valence-electron chi connectivity index (χ0n) is 16.8. The van der Waals surface area contributed by atoms with Gasteiger partial charge in [-0.15, -0.1) is 0 Å². The van der Waals surface area contributed by atoms with Crippen molar-refractivity contribution in [3.05, 3.63) is 77.9 Å². The second-order valence-corrected chi connectivity index (χ2v) is 9.24. The fourth-order valence-electron chi connectivity index (χ4n) is 3.73. The third kappa shape index (κ3) is 5.22. The highest BCUT2D eigenvalue weighted by Crippen LogP contribution is 2.35. The molecule has 31 heavy (non-hydrogen) atoms. The highest BCUT2D eigenvalue weighted by atomic mass is 32.2. The van der Waals surface area contributed by atoms with E-state index in [-0.39, 0.29) is 23.5 Å². The van der Waals surface area contributed by atoms with Crippen molar-refractivity contribution < 1.29 is 32.2 Å². The second kappa shape index (κ2) is 9.74. The van der Waals surface area contributed by atoms with Gasteiger partial charge >= 0.3 is 0 Å². The van der Waals surface area contributed by atoms with E-state index < -0.39 is 28.3 Å². The Labute approximate surface area is 181 Å². The lowest BCUT2D eigenvalue weighted by atomic mass is 9.95. The molecule has 0 N–H and O–H groups in total. The van der Waals surface area contributed by atoms with Crippen LogP contribution in [0.4, 0.5) is 0 Å². The van der Waals surface area contributed by atoms with Crippen molar-refractivity contribution in [3.63, 3.8) is 0 Å². The Balaban J connectivity index is 1.44. The average Bonchev–Trinajstić information content (AvgIpc) is 2.80. The molecule has 5 atom stereocenters. The summed E-state index contributed by atoms with van der Waals surface area (Å²) in [4.78, 5) is 11.3. The van der Waals surface area contributed by atoms with Gasteiger partial charge in [-0.3, -0.25) is 0 Å². The van der Waals surface area contributed by atoms with E-state index in [9.17, 15) is 13.2 Å². The Kier molecular flexibility index (Phi) is 6.82. The third-order valence-corrected chi connectivity index (χ3v) is 6.71. The van der Waals surface area contributed by atoms with E-state index in [0.29, 0.717) is 13.0 Å². The van der Waals surface area contributed by atoms with Crippen LogP contribution in [-0.2, 0) is 33.6 Å². The van der Waals surface area contributed by atoms with Gasteiger partial charge in [-0.25, -0.2) is 8.42 Å². The van der Waals surface area contributed by atoms with Gasteiger partial charge in [0.1, 0.15) is 24.6 Å². The van der Waals surface area contributed by atoms with Crippen LogP contribution in [0.5, 0.6) is 0 Å². The Morgan fingerprint density at radius 3 is 2.39 bits per heavy atom. The number of carbonyl (C=O) groups excluding carboxylic acids is 1. The van der Waals surface area contributed by atoms with E-state index in [2.05, 4.69) is 0 Å². The maximum atomic E-state index is 12.4. The Morgan fingerprint density at radius 1 is 0.968 bits per heavy atom. The van der Waals surface area contributed by atoms with E-state index in [0.717, 1.165) is 23.5 Å². The lowest BCUT2D eigenvalue weighted by molar-refractivity contribution is -0.301. The molecule has 2 aromatic carbocycles. The van der Waals surface area contributed by atoms with Gasteiger partial charge in [0.2, 0.25) is 9.84 Å². The van der Waals surface area contributed by atoms with Crippen LogP contribution in [0, 0.1) is 0 Å². The second-order valence-electron chi connectivity index (χ2n) is 7.41. The molecule has 2 saturated heterocycles. The summed E-state index contributed by atoms with van der Waals surface area (Å²) in [7, 11) is -3.63. The van der Waals surface area contributed by atoms with E-state index in [4.69, 9.17) is 18.9 Å². The molecule has 0 bridgehead atoms. The summed E-state index contributed by atoms with van der Waals surface area (Å²) in [5.41, 5.74) is 0.905. The molecule has 164 valence electrons. The number of hydrogen-bond acceptors (Lipinski definition) is 7. The Bertz CT molecular complexity index is 991. The van der Waals surface area contributed by atoms with Gasteiger partial charge in [0.25, 0.3) is 0 Å². The lowest BCUT2D eigenvalue weighted by Crippen LogP contribution is -2.53. The molecule has 2 aliphatic heterocycles. The molecule has 2 aromatic rings. The van der Waals surface area contributed by atoms with Crippen molar-refractivity contribution in [2.24, 2.45) is 0 Å². The minimum absolute atomic E-state index is 0.134. The average molecular weight is 445 g/mol. The van der Waals surface area contributed by atoms with Crippen LogP contribution in [-0.4, -0.2) is 45.7 Å². The molecule has 0 aliphatic carbocycles. The number of ether oxygens (including phenoxy) is 4. The van der Waals surface area contributed by atoms with Crippen LogP contribution in [0.25, 0.3) is 0 Å². The van der Waals surface area contributed by atoms with Crippen LogP contribution < -0.4 is 0 Å². The van der Waals surface area contributed by atoms with Gasteiger partial charge in [-0.1, -0.05) is 48.5 Å². The summed E-state index contributed by atoms with van der Waals surface area (Å²) in [6.45, 7) is 0.338. The first-order valence-corrected chi connectivity index (χ1v) is 11.6. The van der Waals surface area contributed by atoms with Crippen molar-refractivity contribution >= 4 is 16.1 Å². The first kappa shape index (κ1) is 21.7. The topological polar surface area (TPSA) is 88.1 Å². The molecule has 0 amide bonds. The molecular weight excluding hydrogens is 420 g/mol. The molecular formula is C23H24O7S. The minimum Gasteiger partial charge on any atom is -0.494 e. The highest BCUT2D eigenvalue weighted by Gasteiger charge is 2.43. The van der Waals surface area contributed by atoms with E-state index in [1.165, 1.54) is 12.1 Å². The molecule has 0 radical (unpaired) electrons. The maximum absolute atomic E-state index is 12.4. The van der Waals surface area contributed by atoms with E-state index >= 15 is 0 Å². The van der Waals surface area contributed by atoms with Crippen molar-refractivity contribution in [2.75, 3.05) is 6.61 Å². The van der Waals surface area contributed by atoms with Gasteiger partial charge in [0.15, 0.2) is 6.29 Å². The molecule has 7 nitrogen and oxygen atoms in total. The maximum Gasteiger partial charge on any atom is 0.202 e. The quantitative estimate of drug-likeness (QED) is 0.479. The Hall–Kier alpha value is -2.52. The molecule has 0 spiro atoms. The molecule has 8 heteroatoms. The van der Waals surface area contributed by atoms with Gasteiger partial charge < -0.3 is 23.7 Å². The summed E-state index contributed by atoms with van der Waals surface area (Å²) in [5, 5.41) is 1.02. The van der Waals surface area contributed by atoms with Crippen molar-refractivity contribution in [1.29, 1.82) is 0 Å². The molecule has 4 rings (SSSR count). The first-order chi connectivity index (χ1) is 15.1. The standard InChI is InChI=1S/C23H24O7S/c24-12-11-19-20(27-13-14-31(25,26)18-9-5-2-6-10-18)15-21-22(29-19)16-28-23(30-21)17-7-3-1-4-8-17/h1-10,12-14,19-23H,11,15-16H2/b14-13+/t19-,20+,21-,22+,23+/m0/s1. The zero-order valence-corrected chi connectivity index (χ0v) is 17.6. The smallest absolute Gasteiger partial charge is 0.202 e. The van der Waals surface area contributed by atoms with E-state index in [1.54, 1.807) is 18.2 Å². The number of carbonyl (C=O) groups is 1. The van der Waals surface area contributed by atoms with Gasteiger partial charge in [0.05, 0.1) is 29.3 Å². The first-order valence-electron chi connectivity index (χ1n) is 10.1. The summed E-state index contributed by atoms with van der Waals surface area (Å²) < 4.78 is 48.5. The van der Waals surface area contributed by atoms with Crippen LogP contribution in [0.2, 0.25) is 0 Å². The molecule has 2 aliphatic rings. The Morgan fingerprint density at radius 2 is 1.68 bits per heavy atom. The lowest BCUT2D eigenvalue weighted by Gasteiger charge is -2.44. The van der Waals surface area contributed by atoms with E-state index in [1.807, 2.05) is 30.3 Å². The number of benzene rings is 2. The van der Waals surface area contributed by atoms with Gasteiger partial charge in [-0.05, 0) is 12.1 Å². The van der Waals surface area contributed by atoms with Crippen LogP contribution >= 0.6 is 0 Å². The van der Waals surface area contributed by atoms with Crippen LogP contribution in [0.3, 0.4) is 0 Å².